The highest BCUT2D eigenvalue weighted by molar-refractivity contribution is 6.33. The van der Waals surface area contributed by atoms with Crippen molar-refractivity contribution in [1.29, 1.82) is 0 Å². The Kier molecular flexibility index (Phi) is 7.25. The smallest absolute Gasteiger partial charge is 0.238 e. The summed E-state index contributed by atoms with van der Waals surface area (Å²) in [6.07, 6.45) is 0. The highest BCUT2D eigenvalue weighted by atomic mass is 35.5. The Morgan fingerprint density at radius 3 is 2.03 bits per heavy atom. The molecule has 7 heteroatoms. The number of piperazine rings is 1. The molecule has 29 heavy (non-hydrogen) atoms. The number of para-hydroxylation sites is 1. The zero-order chi connectivity index (χ0) is 20.8. The summed E-state index contributed by atoms with van der Waals surface area (Å²) < 4.78 is 0. The normalized spacial score (nSPS) is 15.1. The average Bonchev–Trinajstić information content (AvgIpc) is 2.68. The number of rotatable bonds is 6. The minimum Gasteiger partial charge on any atom is -0.325 e. The minimum absolute atomic E-state index is 0.0156. The second-order valence-corrected chi connectivity index (χ2v) is 7.83. The van der Waals surface area contributed by atoms with Gasteiger partial charge in [0.25, 0.3) is 0 Å². The zero-order valence-electron chi connectivity index (χ0n) is 16.9. The number of carbonyl (C=O) groups excluding carboxylic acids is 2. The van der Waals surface area contributed by atoms with Crippen molar-refractivity contribution in [3.63, 3.8) is 0 Å². The zero-order valence-corrected chi connectivity index (χ0v) is 17.6. The molecule has 0 aliphatic carbocycles. The molecular weight excluding hydrogens is 388 g/mol. The van der Waals surface area contributed by atoms with Crippen molar-refractivity contribution in [3.05, 3.63) is 58.6 Å². The van der Waals surface area contributed by atoms with Gasteiger partial charge in [-0.05, 0) is 49.2 Å². The number of carbonyl (C=O) groups is 2. The molecule has 2 aromatic rings. The third-order valence-corrected chi connectivity index (χ3v) is 5.47. The van der Waals surface area contributed by atoms with E-state index in [0.717, 1.165) is 37.4 Å². The van der Waals surface area contributed by atoms with E-state index in [1.165, 1.54) is 5.56 Å². The molecular formula is C22H27ClN4O2. The van der Waals surface area contributed by atoms with Gasteiger partial charge in [0, 0.05) is 31.9 Å². The number of halogens is 1. The van der Waals surface area contributed by atoms with Gasteiger partial charge in [0.15, 0.2) is 0 Å². The third-order valence-electron chi connectivity index (χ3n) is 5.14. The van der Waals surface area contributed by atoms with Crippen LogP contribution in [0.15, 0.2) is 42.5 Å². The van der Waals surface area contributed by atoms with Crippen LogP contribution in [0.1, 0.15) is 11.1 Å². The van der Waals surface area contributed by atoms with Crippen molar-refractivity contribution in [3.8, 4) is 0 Å². The monoisotopic (exact) mass is 414 g/mol. The topological polar surface area (TPSA) is 64.7 Å². The molecule has 6 nitrogen and oxygen atoms in total. The van der Waals surface area contributed by atoms with E-state index in [-0.39, 0.29) is 11.8 Å². The summed E-state index contributed by atoms with van der Waals surface area (Å²) in [7, 11) is 0. The van der Waals surface area contributed by atoms with E-state index in [0.29, 0.717) is 23.8 Å². The molecule has 1 aliphatic heterocycles. The molecule has 1 saturated heterocycles. The largest absolute Gasteiger partial charge is 0.325 e. The second-order valence-electron chi connectivity index (χ2n) is 7.43. The highest BCUT2D eigenvalue weighted by Crippen LogP contribution is 2.20. The van der Waals surface area contributed by atoms with Crippen LogP contribution in [-0.2, 0) is 9.59 Å². The lowest BCUT2D eigenvalue weighted by Crippen LogP contribution is -2.50. The van der Waals surface area contributed by atoms with E-state index in [9.17, 15) is 9.59 Å². The molecule has 0 aromatic heterocycles. The molecule has 0 unspecified atom stereocenters. The molecule has 1 fully saturated rings. The second kappa shape index (κ2) is 9.87. The van der Waals surface area contributed by atoms with Gasteiger partial charge in [0.05, 0.1) is 23.8 Å². The first kappa shape index (κ1) is 21.3. The van der Waals surface area contributed by atoms with Crippen LogP contribution < -0.4 is 10.6 Å². The number of hydrogen-bond donors (Lipinski definition) is 2. The van der Waals surface area contributed by atoms with Gasteiger partial charge >= 0.3 is 0 Å². The lowest BCUT2D eigenvalue weighted by Gasteiger charge is -2.33. The predicted molar refractivity (Wildman–Crippen MR) is 118 cm³/mol. The van der Waals surface area contributed by atoms with Crippen molar-refractivity contribution in [2.45, 2.75) is 13.8 Å². The molecule has 0 bridgehead atoms. The molecule has 0 spiro atoms. The highest BCUT2D eigenvalue weighted by Gasteiger charge is 2.21. The van der Waals surface area contributed by atoms with Crippen LogP contribution in [0.2, 0.25) is 5.02 Å². The first-order valence-electron chi connectivity index (χ1n) is 9.77. The molecule has 2 N–H and O–H groups in total. The van der Waals surface area contributed by atoms with Crippen molar-refractivity contribution >= 4 is 34.8 Å². The summed E-state index contributed by atoms with van der Waals surface area (Å²) in [5.74, 6) is -0.0998. The number of benzene rings is 2. The third kappa shape index (κ3) is 6.29. The van der Waals surface area contributed by atoms with Crippen molar-refractivity contribution < 1.29 is 9.59 Å². The summed E-state index contributed by atoms with van der Waals surface area (Å²) in [6, 6.07) is 13.1. The Morgan fingerprint density at radius 2 is 1.45 bits per heavy atom. The van der Waals surface area contributed by atoms with Gasteiger partial charge in [-0.15, -0.1) is 0 Å². The standard InChI is InChI=1S/C22H27ClN4O2/c1-16-7-8-18(13-17(16)2)24-21(28)14-26-9-11-27(12-10-26)15-22(29)25-20-6-4-3-5-19(20)23/h3-8,13H,9-12,14-15H2,1-2H3,(H,24,28)(H,25,29). The molecule has 1 aliphatic rings. The maximum Gasteiger partial charge on any atom is 0.238 e. The Labute approximate surface area is 176 Å². The minimum atomic E-state index is -0.0842. The summed E-state index contributed by atoms with van der Waals surface area (Å²) in [5, 5.41) is 6.34. The van der Waals surface area contributed by atoms with Crippen LogP contribution in [-0.4, -0.2) is 60.9 Å². The fourth-order valence-electron chi connectivity index (χ4n) is 3.28. The molecule has 0 saturated carbocycles. The SMILES string of the molecule is Cc1ccc(NC(=O)CN2CCN(CC(=O)Nc3ccccc3Cl)CC2)cc1C. The van der Waals surface area contributed by atoms with Crippen LogP contribution in [0.3, 0.4) is 0 Å². The van der Waals surface area contributed by atoms with Gasteiger partial charge in [0.2, 0.25) is 11.8 Å². The fourth-order valence-corrected chi connectivity index (χ4v) is 3.47. The number of aryl methyl sites for hydroxylation is 2. The van der Waals surface area contributed by atoms with E-state index in [1.54, 1.807) is 12.1 Å². The molecule has 154 valence electrons. The molecule has 2 amide bonds. The summed E-state index contributed by atoms with van der Waals surface area (Å²) in [4.78, 5) is 28.8. The quantitative estimate of drug-likeness (QED) is 0.762. The number of hydrogen-bond acceptors (Lipinski definition) is 4. The fraction of sp³-hybridized carbons (Fsp3) is 0.364. The number of nitrogens with zero attached hydrogens (tertiary/aromatic N) is 2. The van der Waals surface area contributed by atoms with E-state index < -0.39 is 0 Å². The number of anilines is 2. The first-order chi connectivity index (χ1) is 13.9. The predicted octanol–water partition coefficient (Wildman–Crippen LogP) is 3.15. The van der Waals surface area contributed by atoms with Crippen LogP contribution in [0.25, 0.3) is 0 Å². The van der Waals surface area contributed by atoms with Gasteiger partial charge < -0.3 is 10.6 Å². The molecule has 1 heterocycles. The van der Waals surface area contributed by atoms with Crippen molar-refractivity contribution in [2.24, 2.45) is 0 Å². The van der Waals surface area contributed by atoms with Crippen LogP contribution >= 0.6 is 11.6 Å². The van der Waals surface area contributed by atoms with Crippen LogP contribution in [0, 0.1) is 13.8 Å². The maximum absolute atomic E-state index is 12.3. The van der Waals surface area contributed by atoms with Gasteiger partial charge in [-0.25, -0.2) is 0 Å². The lowest BCUT2D eigenvalue weighted by molar-refractivity contribution is -0.120. The van der Waals surface area contributed by atoms with E-state index in [2.05, 4.69) is 27.4 Å². The summed E-state index contributed by atoms with van der Waals surface area (Å²) in [5.41, 5.74) is 3.82. The Hall–Kier alpha value is -2.41. The maximum atomic E-state index is 12.3. The Morgan fingerprint density at radius 1 is 0.862 bits per heavy atom. The van der Waals surface area contributed by atoms with E-state index >= 15 is 0 Å². The number of nitrogens with one attached hydrogen (secondary N) is 2. The average molecular weight is 415 g/mol. The molecule has 3 rings (SSSR count). The van der Waals surface area contributed by atoms with Gasteiger partial charge in [-0.3, -0.25) is 19.4 Å². The van der Waals surface area contributed by atoms with E-state index in [1.807, 2.05) is 37.3 Å². The van der Waals surface area contributed by atoms with Gasteiger partial charge in [0.1, 0.15) is 0 Å². The first-order valence-corrected chi connectivity index (χ1v) is 10.1. The van der Waals surface area contributed by atoms with Crippen molar-refractivity contribution in [1.82, 2.24) is 9.80 Å². The van der Waals surface area contributed by atoms with Crippen LogP contribution in [0.4, 0.5) is 11.4 Å². The number of amides is 2. The van der Waals surface area contributed by atoms with E-state index in [4.69, 9.17) is 11.6 Å². The molecule has 0 atom stereocenters. The van der Waals surface area contributed by atoms with Gasteiger partial charge in [-0.1, -0.05) is 29.8 Å². The van der Waals surface area contributed by atoms with Crippen molar-refractivity contribution in [2.75, 3.05) is 49.9 Å². The summed E-state index contributed by atoms with van der Waals surface area (Å²) >= 11 is 6.08. The van der Waals surface area contributed by atoms with Gasteiger partial charge in [-0.2, -0.15) is 0 Å². The molecule has 2 aromatic carbocycles. The molecule has 0 radical (unpaired) electrons. The Balaban J connectivity index is 1.40. The van der Waals surface area contributed by atoms with Crippen LogP contribution in [0.5, 0.6) is 0 Å². The lowest BCUT2D eigenvalue weighted by atomic mass is 10.1. The Bertz CT molecular complexity index is 879. The summed E-state index contributed by atoms with van der Waals surface area (Å²) in [6.45, 7) is 7.74.